The van der Waals surface area contributed by atoms with Gasteiger partial charge in [-0.3, -0.25) is 4.57 Å². The molecule has 1 aromatic heterocycles. The Hall–Kier alpha value is -2.49. The lowest BCUT2D eigenvalue weighted by atomic mass is 10.0. The third-order valence-corrected chi connectivity index (χ3v) is 3.48. The molecular weight excluding hydrogens is 252 g/mol. The summed E-state index contributed by atoms with van der Waals surface area (Å²) in [6.07, 6.45) is 0.824. The standard InChI is InChI=1S/C16H16N2O2/c1-17-13-5-3-4-11(9-13)8-12-6-7-15-14(10-12)18(2)16(19)20-15/h3-7,9-10,17H,8H2,1-2H3. The van der Waals surface area contributed by atoms with E-state index in [9.17, 15) is 4.79 Å². The molecule has 0 bridgehead atoms. The number of benzene rings is 2. The van der Waals surface area contributed by atoms with E-state index in [1.165, 1.54) is 10.1 Å². The van der Waals surface area contributed by atoms with Crippen LogP contribution in [-0.2, 0) is 13.5 Å². The van der Waals surface area contributed by atoms with Crippen LogP contribution in [0.15, 0.2) is 51.7 Å². The number of rotatable bonds is 3. The molecule has 0 saturated carbocycles. The van der Waals surface area contributed by atoms with Crippen molar-refractivity contribution in [3.8, 4) is 0 Å². The molecule has 0 aliphatic carbocycles. The molecule has 0 aliphatic heterocycles. The van der Waals surface area contributed by atoms with Crippen molar-refractivity contribution in [1.82, 2.24) is 4.57 Å². The van der Waals surface area contributed by atoms with Crippen molar-refractivity contribution >= 4 is 16.8 Å². The van der Waals surface area contributed by atoms with Gasteiger partial charge in [-0.1, -0.05) is 18.2 Å². The molecule has 2 aromatic carbocycles. The summed E-state index contributed by atoms with van der Waals surface area (Å²) in [6, 6.07) is 14.1. The Kier molecular flexibility index (Phi) is 3.06. The van der Waals surface area contributed by atoms with Crippen molar-refractivity contribution in [2.45, 2.75) is 6.42 Å². The summed E-state index contributed by atoms with van der Waals surface area (Å²) in [7, 11) is 3.63. The Morgan fingerprint density at radius 3 is 2.75 bits per heavy atom. The molecule has 1 N–H and O–H groups in total. The number of nitrogens with zero attached hydrogens (tertiary/aromatic N) is 1. The number of aryl methyl sites for hydroxylation is 1. The van der Waals surface area contributed by atoms with E-state index >= 15 is 0 Å². The van der Waals surface area contributed by atoms with Gasteiger partial charge < -0.3 is 9.73 Å². The SMILES string of the molecule is CNc1cccc(Cc2ccc3oc(=O)n(C)c3c2)c1. The zero-order valence-electron chi connectivity index (χ0n) is 11.5. The monoisotopic (exact) mass is 268 g/mol. The van der Waals surface area contributed by atoms with E-state index in [0.29, 0.717) is 5.58 Å². The molecule has 0 unspecified atom stereocenters. The average molecular weight is 268 g/mol. The maximum atomic E-state index is 11.5. The first-order chi connectivity index (χ1) is 9.67. The third-order valence-electron chi connectivity index (χ3n) is 3.48. The first-order valence-corrected chi connectivity index (χ1v) is 6.52. The fraction of sp³-hybridized carbons (Fsp3) is 0.188. The minimum atomic E-state index is -0.325. The van der Waals surface area contributed by atoms with E-state index in [0.717, 1.165) is 23.2 Å². The first-order valence-electron chi connectivity index (χ1n) is 6.52. The number of hydrogen-bond acceptors (Lipinski definition) is 3. The quantitative estimate of drug-likeness (QED) is 0.794. The van der Waals surface area contributed by atoms with Crippen LogP contribution in [0.4, 0.5) is 5.69 Å². The summed E-state index contributed by atoms with van der Waals surface area (Å²) in [5.74, 6) is -0.325. The second-order valence-electron chi connectivity index (χ2n) is 4.86. The molecule has 3 rings (SSSR count). The van der Waals surface area contributed by atoms with Crippen molar-refractivity contribution in [3.05, 3.63) is 64.1 Å². The van der Waals surface area contributed by atoms with E-state index in [1.54, 1.807) is 7.05 Å². The third kappa shape index (κ3) is 2.20. The van der Waals surface area contributed by atoms with Crippen molar-refractivity contribution in [3.63, 3.8) is 0 Å². The molecule has 0 fully saturated rings. The van der Waals surface area contributed by atoms with Crippen LogP contribution in [0.3, 0.4) is 0 Å². The van der Waals surface area contributed by atoms with Gasteiger partial charge >= 0.3 is 5.76 Å². The molecule has 20 heavy (non-hydrogen) atoms. The van der Waals surface area contributed by atoms with Crippen LogP contribution in [0.1, 0.15) is 11.1 Å². The number of hydrogen-bond donors (Lipinski definition) is 1. The number of aromatic nitrogens is 1. The predicted octanol–water partition coefficient (Wildman–Crippen LogP) is 2.76. The first kappa shape index (κ1) is 12.5. The number of oxazole rings is 1. The lowest BCUT2D eigenvalue weighted by Crippen LogP contribution is -2.08. The highest BCUT2D eigenvalue weighted by Gasteiger charge is 2.07. The van der Waals surface area contributed by atoms with Gasteiger partial charge in [0.05, 0.1) is 5.52 Å². The molecule has 0 saturated heterocycles. The minimum absolute atomic E-state index is 0.325. The van der Waals surface area contributed by atoms with Gasteiger partial charge in [-0.2, -0.15) is 0 Å². The highest BCUT2D eigenvalue weighted by molar-refractivity contribution is 5.73. The van der Waals surface area contributed by atoms with Gasteiger partial charge in [-0.25, -0.2) is 4.79 Å². The van der Waals surface area contributed by atoms with E-state index in [2.05, 4.69) is 17.4 Å². The van der Waals surface area contributed by atoms with Gasteiger partial charge in [0, 0.05) is 19.8 Å². The molecule has 0 radical (unpaired) electrons. The largest absolute Gasteiger partial charge is 0.419 e. The molecule has 0 spiro atoms. The fourth-order valence-electron chi connectivity index (χ4n) is 2.35. The summed E-state index contributed by atoms with van der Waals surface area (Å²) in [6.45, 7) is 0. The van der Waals surface area contributed by atoms with Crippen LogP contribution in [0.2, 0.25) is 0 Å². The van der Waals surface area contributed by atoms with Crippen LogP contribution in [0.5, 0.6) is 0 Å². The van der Waals surface area contributed by atoms with Crippen LogP contribution in [0.25, 0.3) is 11.1 Å². The van der Waals surface area contributed by atoms with E-state index in [-0.39, 0.29) is 5.76 Å². The van der Waals surface area contributed by atoms with Gasteiger partial charge in [-0.05, 0) is 41.8 Å². The van der Waals surface area contributed by atoms with Gasteiger partial charge in [0.2, 0.25) is 0 Å². The second kappa shape index (κ2) is 4.89. The molecular formula is C16H16N2O2. The normalized spacial score (nSPS) is 10.9. The van der Waals surface area contributed by atoms with E-state index in [4.69, 9.17) is 4.42 Å². The smallest absolute Gasteiger partial charge is 0.408 e. The number of fused-ring (bicyclic) bond motifs is 1. The summed E-state index contributed by atoms with van der Waals surface area (Å²) in [5, 5.41) is 3.13. The van der Waals surface area contributed by atoms with Crippen molar-refractivity contribution in [1.29, 1.82) is 0 Å². The molecule has 0 amide bonds. The van der Waals surface area contributed by atoms with E-state index < -0.39 is 0 Å². The van der Waals surface area contributed by atoms with Crippen LogP contribution in [0, 0.1) is 0 Å². The molecule has 1 heterocycles. The Labute approximate surface area is 116 Å². The van der Waals surface area contributed by atoms with Crippen LogP contribution in [-0.4, -0.2) is 11.6 Å². The Balaban J connectivity index is 1.98. The maximum Gasteiger partial charge on any atom is 0.419 e. The molecule has 4 nitrogen and oxygen atoms in total. The Morgan fingerprint density at radius 1 is 1.15 bits per heavy atom. The highest BCUT2D eigenvalue weighted by Crippen LogP contribution is 2.18. The van der Waals surface area contributed by atoms with Gasteiger partial charge in [-0.15, -0.1) is 0 Å². The lowest BCUT2D eigenvalue weighted by Gasteiger charge is -2.05. The molecule has 3 aromatic rings. The topological polar surface area (TPSA) is 47.2 Å². The average Bonchev–Trinajstić information content (AvgIpc) is 2.75. The number of anilines is 1. The van der Waals surface area contributed by atoms with E-state index in [1.807, 2.05) is 37.4 Å². The summed E-state index contributed by atoms with van der Waals surface area (Å²) in [4.78, 5) is 11.5. The van der Waals surface area contributed by atoms with Crippen molar-refractivity contribution in [2.75, 3.05) is 12.4 Å². The van der Waals surface area contributed by atoms with Crippen molar-refractivity contribution in [2.24, 2.45) is 7.05 Å². The van der Waals surface area contributed by atoms with Gasteiger partial charge in [0.25, 0.3) is 0 Å². The minimum Gasteiger partial charge on any atom is -0.408 e. The Morgan fingerprint density at radius 2 is 1.95 bits per heavy atom. The summed E-state index contributed by atoms with van der Waals surface area (Å²) < 4.78 is 6.67. The predicted molar refractivity (Wildman–Crippen MR) is 80.2 cm³/mol. The molecule has 0 aliphatic rings. The molecule has 4 heteroatoms. The summed E-state index contributed by atoms with van der Waals surface area (Å²) in [5.41, 5.74) is 4.94. The number of nitrogens with one attached hydrogen (secondary N) is 1. The lowest BCUT2D eigenvalue weighted by molar-refractivity contribution is 0.528. The second-order valence-corrected chi connectivity index (χ2v) is 4.86. The highest BCUT2D eigenvalue weighted by atomic mass is 16.4. The summed E-state index contributed by atoms with van der Waals surface area (Å²) >= 11 is 0. The van der Waals surface area contributed by atoms with Crippen LogP contribution >= 0.6 is 0 Å². The maximum absolute atomic E-state index is 11.5. The fourth-order valence-corrected chi connectivity index (χ4v) is 2.35. The van der Waals surface area contributed by atoms with Crippen molar-refractivity contribution < 1.29 is 4.42 Å². The van der Waals surface area contributed by atoms with Gasteiger partial charge in [0.15, 0.2) is 5.58 Å². The molecule has 102 valence electrons. The zero-order chi connectivity index (χ0) is 14.1. The van der Waals surface area contributed by atoms with Gasteiger partial charge in [0.1, 0.15) is 0 Å². The molecule has 0 atom stereocenters. The zero-order valence-corrected chi connectivity index (χ0v) is 11.5. The van der Waals surface area contributed by atoms with Crippen LogP contribution < -0.4 is 11.1 Å². The Bertz CT molecular complexity index is 815.